The molecule has 0 radical (unpaired) electrons. The van der Waals surface area contributed by atoms with Crippen LogP contribution in [0.3, 0.4) is 0 Å². The van der Waals surface area contributed by atoms with Gasteiger partial charge in [-0.1, -0.05) is 12.1 Å². The maximum absolute atomic E-state index is 11.4. The van der Waals surface area contributed by atoms with Crippen LogP contribution in [-0.4, -0.2) is 11.6 Å². The summed E-state index contributed by atoms with van der Waals surface area (Å²) in [6.07, 6.45) is 0.293. The molecule has 0 fully saturated rings. The number of fused-ring (bicyclic) bond motifs is 1. The van der Waals surface area contributed by atoms with Gasteiger partial charge in [-0.05, 0) is 30.5 Å². The van der Waals surface area contributed by atoms with Gasteiger partial charge >= 0.3 is 0 Å². The van der Waals surface area contributed by atoms with E-state index in [1.807, 2.05) is 26.0 Å². The molecular formula is C11H10O2. The van der Waals surface area contributed by atoms with Crippen molar-refractivity contribution in [3.8, 4) is 0 Å². The fourth-order valence-electron chi connectivity index (χ4n) is 1.79. The summed E-state index contributed by atoms with van der Waals surface area (Å²) in [7, 11) is 0. The van der Waals surface area contributed by atoms with Crippen LogP contribution in [0.1, 0.15) is 27.0 Å². The summed E-state index contributed by atoms with van der Waals surface area (Å²) in [6.45, 7) is 3.80. The van der Waals surface area contributed by atoms with E-state index in [-0.39, 0.29) is 11.6 Å². The van der Waals surface area contributed by atoms with Gasteiger partial charge in [-0.3, -0.25) is 9.59 Å². The Bertz CT molecular complexity index is 416. The molecule has 0 unspecified atom stereocenters. The van der Waals surface area contributed by atoms with Crippen LogP contribution in [0, 0.1) is 13.8 Å². The fourth-order valence-corrected chi connectivity index (χ4v) is 1.79. The van der Waals surface area contributed by atoms with E-state index in [4.69, 9.17) is 0 Å². The van der Waals surface area contributed by atoms with Crippen LogP contribution >= 0.6 is 0 Å². The molecule has 1 aromatic rings. The third-order valence-electron chi connectivity index (χ3n) is 2.57. The highest BCUT2D eigenvalue weighted by Gasteiger charge is 2.30. The standard InChI is InChI=1S/C11H10O2/c1-6-3-4-7(2)10-8(6)5-9(12)11(10)13/h3-4H,5H2,1-2H3. The summed E-state index contributed by atoms with van der Waals surface area (Å²) >= 11 is 0. The predicted octanol–water partition coefficient (Wildman–Crippen LogP) is 1.61. The minimum Gasteiger partial charge on any atom is -0.290 e. The predicted molar refractivity (Wildman–Crippen MR) is 49.0 cm³/mol. The first-order valence-electron chi connectivity index (χ1n) is 4.28. The molecule has 66 valence electrons. The van der Waals surface area contributed by atoms with Gasteiger partial charge in [-0.15, -0.1) is 0 Å². The lowest BCUT2D eigenvalue weighted by Crippen LogP contribution is -2.06. The van der Waals surface area contributed by atoms with Crippen molar-refractivity contribution in [2.75, 3.05) is 0 Å². The van der Waals surface area contributed by atoms with Gasteiger partial charge in [0.15, 0.2) is 0 Å². The first-order chi connectivity index (χ1) is 6.11. The Kier molecular flexibility index (Phi) is 1.59. The summed E-state index contributed by atoms with van der Waals surface area (Å²) < 4.78 is 0. The number of ketones is 2. The van der Waals surface area contributed by atoms with E-state index in [2.05, 4.69) is 0 Å². The molecule has 0 aliphatic heterocycles. The molecule has 2 nitrogen and oxygen atoms in total. The minimum absolute atomic E-state index is 0.271. The quantitative estimate of drug-likeness (QED) is 0.560. The van der Waals surface area contributed by atoms with Crippen LogP contribution in [0.2, 0.25) is 0 Å². The molecule has 0 aromatic heterocycles. The molecule has 0 N–H and O–H groups in total. The van der Waals surface area contributed by atoms with Crippen molar-refractivity contribution in [3.63, 3.8) is 0 Å². The van der Waals surface area contributed by atoms with Crippen molar-refractivity contribution in [1.29, 1.82) is 0 Å². The molecule has 1 aliphatic rings. The highest BCUT2D eigenvalue weighted by atomic mass is 16.2. The number of carbonyl (C=O) groups excluding carboxylic acids is 2. The van der Waals surface area contributed by atoms with Crippen LogP contribution in [0.4, 0.5) is 0 Å². The van der Waals surface area contributed by atoms with Gasteiger partial charge in [0.1, 0.15) is 0 Å². The van der Waals surface area contributed by atoms with Gasteiger partial charge in [-0.25, -0.2) is 0 Å². The number of aryl methyl sites for hydroxylation is 2. The molecule has 0 saturated carbocycles. The third kappa shape index (κ3) is 1.02. The highest BCUT2D eigenvalue weighted by Crippen LogP contribution is 2.25. The van der Waals surface area contributed by atoms with Crippen molar-refractivity contribution >= 4 is 11.6 Å². The highest BCUT2D eigenvalue weighted by molar-refractivity contribution is 6.47. The van der Waals surface area contributed by atoms with Crippen molar-refractivity contribution in [2.45, 2.75) is 20.3 Å². The second kappa shape index (κ2) is 2.52. The monoisotopic (exact) mass is 174 g/mol. The van der Waals surface area contributed by atoms with Crippen LogP contribution in [-0.2, 0) is 11.2 Å². The number of hydrogen-bond acceptors (Lipinski definition) is 2. The molecule has 2 rings (SSSR count). The summed E-state index contributed by atoms with van der Waals surface area (Å²) in [6, 6.07) is 3.85. The zero-order chi connectivity index (χ0) is 9.59. The molecule has 1 aromatic carbocycles. The number of rotatable bonds is 0. The molecule has 0 atom stereocenters. The van der Waals surface area contributed by atoms with E-state index < -0.39 is 0 Å². The zero-order valence-corrected chi connectivity index (χ0v) is 7.68. The van der Waals surface area contributed by atoms with E-state index in [0.29, 0.717) is 12.0 Å². The molecule has 13 heavy (non-hydrogen) atoms. The Labute approximate surface area is 76.6 Å². The average Bonchev–Trinajstić information content (AvgIpc) is 2.38. The van der Waals surface area contributed by atoms with E-state index in [9.17, 15) is 9.59 Å². The number of benzene rings is 1. The smallest absolute Gasteiger partial charge is 0.229 e. The Hall–Kier alpha value is -1.44. The number of hydrogen-bond donors (Lipinski definition) is 0. The maximum Gasteiger partial charge on any atom is 0.229 e. The molecule has 1 aliphatic carbocycles. The van der Waals surface area contributed by atoms with Gasteiger partial charge < -0.3 is 0 Å². The second-order valence-corrected chi connectivity index (χ2v) is 3.48. The van der Waals surface area contributed by atoms with Gasteiger partial charge in [0.05, 0.1) is 0 Å². The van der Waals surface area contributed by atoms with E-state index in [0.717, 1.165) is 16.7 Å². The number of Topliss-reactive ketones (excluding diaryl/α,β-unsaturated/α-hetero) is 2. The topological polar surface area (TPSA) is 34.1 Å². The summed E-state index contributed by atoms with van der Waals surface area (Å²) in [5.74, 6) is -0.580. The zero-order valence-electron chi connectivity index (χ0n) is 7.68. The van der Waals surface area contributed by atoms with E-state index in [1.54, 1.807) is 0 Å². The minimum atomic E-state index is -0.309. The van der Waals surface area contributed by atoms with Gasteiger partial charge in [-0.2, -0.15) is 0 Å². The lowest BCUT2D eigenvalue weighted by Gasteiger charge is -2.03. The van der Waals surface area contributed by atoms with Crippen molar-refractivity contribution in [1.82, 2.24) is 0 Å². The lowest BCUT2D eigenvalue weighted by molar-refractivity contribution is -0.114. The fraction of sp³-hybridized carbons (Fsp3) is 0.273. The molecule has 0 amide bonds. The van der Waals surface area contributed by atoms with Gasteiger partial charge in [0.25, 0.3) is 0 Å². The Morgan fingerprint density at radius 1 is 1.08 bits per heavy atom. The normalized spacial score (nSPS) is 14.9. The molecule has 0 saturated heterocycles. The first-order valence-corrected chi connectivity index (χ1v) is 4.28. The Morgan fingerprint density at radius 3 is 2.31 bits per heavy atom. The molecular weight excluding hydrogens is 164 g/mol. The maximum atomic E-state index is 11.4. The molecule has 2 heteroatoms. The SMILES string of the molecule is Cc1ccc(C)c2c1CC(=O)C2=O. The summed E-state index contributed by atoms with van der Waals surface area (Å²) in [4.78, 5) is 22.6. The van der Waals surface area contributed by atoms with Gasteiger partial charge in [0.2, 0.25) is 11.6 Å². The van der Waals surface area contributed by atoms with E-state index >= 15 is 0 Å². The number of carbonyl (C=O) groups is 2. The van der Waals surface area contributed by atoms with Crippen LogP contribution in [0.5, 0.6) is 0 Å². The van der Waals surface area contributed by atoms with Crippen molar-refractivity contribution < 1.29 is 9.59 Å². The molecule has 0 heterocycles. The third-order valence-corrected chi connectivity index (χ3v) is 2.57. The van der Waals surface area contributed by atoms with Crippen LogP contribution in [0.25, 0.3) is 0 Å². The Balaban J connectivity index is 2.75. The molecule has 0 spiro atoms. The molecule has 0 bridgehead atoms. The summed E-state index contributed by atoms with van der Waals surface area (Å²) in [5.41, 5.74) is 3.52. The Morgan fingerprint density at radius 2 is 1.69 bits per heavy atom. The van der Waals surface area contributed by atoms with Crippen molar-refractivity contribution in [2.24, 2.45) is 0 Å². The second-order valence-electron chi connectivity index (χ2n) is 3.48. The van der Waals surface area contributed by atoms with E-state index in [1.165, 1.54) is 0 Å². The first kappa shape index (κ1) is 8.17. The lowest BCUT2D eigenvalue weighted by atomic mass is 10.00. The largest absolute Gasteiger partial charge is 0.290 e. The summed E-state index contributed by atoms with van der Waals surface area (Å²) in [5, 5.41) is 0. The van der Waals surface area contributed by atoms with Gasteiger partial charge in [0, 0.05) is 12.0 Å². The average molecular weight is 174 g/mol. The van der Waals surface area contributed by atoms with Crippen LogP contribution in [0.15, 0.2) is 12.1 Å². The van der Waals surface area contributed by atoms with Crippen LogP contribution < -0.4 is 0 Å². The van der Waals surface area contributed by atoms with Crippen molar-refractivity contribution in [3.05, 3.63) is 34.4 Å².